The van der Waals surface area contributed by atoms with Gasteiger partial charge in [0.2, 0.25) is 11.8 Å². The number of aromatic nitrogens is 3. The quantitative estimate of drug-likeness (QED) is 0.584. The summed E-state index contributed by atoms with van der Waals surface area (Å²) in [6.07, 6.45) is -2.45. The SMILES string of the molecule is CC(C)(C)C(NC(=O)C(F)(F)F)C(=O)N1C[C@H]2[C@@H]([C@H]1C(=O)NC(C#N)C[C@@H]1CCn3cnnc31)C2(C)C. The van der Waals surface area contributed by atoms with Crippen LogP contribution in [0.2, 0.25) is 0 Å². The summed E-state index contributed by atoms with van der Waals surface area (Å²) >= 11 is 0. The highest BCUT2D eigenvalue weighted by Gasteiger charge is 2.70. The first kappa shape index (κ1) is 26.9. The van der Waals surface area contributed by atoms with E-state index in [0.717, 1.165) is 18.8 Å². The van der Waals surface area contributed by atoms with E-state index in [4.69, 9.17) is 0 Å². The zero-order valence-electron chi connectivity index (χ0n) is 21.5. The fourth-order valence-corrected chi connectivity index (χ4v) is 5.93. The van der Waals surface area contributed by atoms with Crippen LogP contribution >= 0.6 is 0 Å². The molecule has 2 aliphatic heterocycles. The van der Waals surface area contributed by atoms with Gasteiger partial charge in [0.25, 0.3) is 0 Å². The summed E-state index contributed by atoms with van der Waals surface area (Å²) in [4.78, 5) is 40.1. The molecule has 1 saturated heterocycles. The predicted octanol–water partition coefficient (Wildman–Crippen LogP) is 1.74. The number of piperidine rings is 1. The monoisotopic (exact) mass is 523 g/mol. The van der Waals surface area contributed by atoms with E-state index in [1.807, 2.05) is 23.7 Å². The Morgan fingerprint density at radius 1 is 1.24 bits per heavy atom. The van der Waals surface area contributed by atoms with Crippen LogP contribution in [0.25, 0.3) is 0 Å². The van der Waals surface area contributed by atoms with Crippen LogP contribution in [0.1, 0.15) is 59.2 Å². The molecule has 3 amide bonds. The smallest absolute Gasteiger partial charge is 0.339 e. The number of carbonyl (C=O) groups excluding carboxylic acids is 3. The third-order valence-corrected chi connectivity index (χ3v) is 8.13. The van der Waals surface area contributed by atoms with Crippen molar-refractivity contribution in [2.45, 2.75) is 84.2 Å². The van der Waals surface area contributed by atoms with E-state index >= 15 is 0 Å². The van der Waals surface area contributed by atoms with Gasteiger partial charge in [0.15, 0.2) is 0 Å². The largest absolute Gasteiger partial charge is 0.471 e. The summed E-state index contributed by atoms with van der Waals surface area (Å²) in [6.45, 7) is 9.51. The molecule has 6 atom stereocenters. The Morgan fingerprint density at radius 2 is 1.92 bits per heavy atom. The first-order valence-electron chi connectivity index (χ1n) is 12.3. The van der Waals surface area contributed by atoms with E-state index in [2.05, 4.69) is 21.6 Å². The molecule has 0 bridgehead atoms. The number of halogens is 3. The molecule has 0 spiro atoms. The molecule has 1 aliphatic carbocycles. The topological polar surface area (TPSA) is 133 Å². The Labute approximate surface area is 213 Å². The van der Waals surface area contributed by atoms with Gasteiger partial charge in [-0.2, -0.15) is 18.4 Å². The highest BCUT2D eigenvalue weighted by atomic mass is 19.4. The fraction of sp³-hybridized carbons (Fsp3) is 0.750. The van der Waals surface area contributed by atoms with E-state index in [1.165, 1.54) is 4.90 Å². The summed E-state index contributed by atoms with van der Waals surface area (Å²) in [5.74, 6) is -2.99. The van der Waals surface area contributed by atoms with Gasteiger partial charge >= 0.3 is 12.1 Å². The van der Waals surface area contributed by atoms with Crippen molar-refractivity contribution in [1.82, 2.24) is 30.3 Å². The number of alkyl halides is 3. The van der Waals surface area contributed by atoms with Gasteiger partial charge in [0.05, 0.1) is 6.07 Å². The van der Waals surface area contributed by atoms with Crippen molar-refractivity contribution >= 4 is 17.7 Å². The maximum atomic E-state index is 13.6. The van der Waals surface area contributed by atoms with E-state index in [9.17, 15) is 32.8 Å². The van der Waals surface area contributed by atoms with Gasteiger partial charge in [-0.05, 0) is 35.5 Å². The van der Waals surface area contributed by atoms with Gasteiger partial charge in [0.1, 0.15) is 30.3 Å². The number of likely N-dealkylation sites (tertiary alicyclic amines) is 1. The summed E-state index contributed by atoms with van der Waals surface area (Å²) in [5, 5.41) is 22.3. The fourth-order valence-electron chi connectivity index (χ4n) is 5.93. The van der Waals surface area contributed by atoms with Crippen LogP contribution in [0, 0.1) is 34.0 Å². The molecule has 4 rings (SSSR count). The normalized spacial score (nSPS) is 27.5. The Bertz CT molecular complexity index is 1130. The molecule has 13 heteroatoms. The number of nitrogens with one attached hydrogen (secondary N) is 2. The molecule has 2 N–H and O–H groups in total. The molecule has 3 aliphatic rings. The van der Waals surface area contributed by atoms with Gasteiger partial charge in [-0.15, -0.1) is 10.2 Å². The zero-order valence-corrected chi connectivity index (χ0v) is 21.5. The second kappa shape index (κ2) is 8.99. The predicted molar refractivity (Wildman–Crippen MR) is 123 cm³/mol. The molecule has 1 saturated carbocycles. The first-order valence-corrected chi connectivity index (χ1v) is 12.3. The average Bonchev–Trinajstić information content (AvgIpc) is 3.29. The highest BCUT2D eigenvalue weighted by molar-refractivity contribution is 5.95. The van der Waals surface area contributed by atoms with Crippen molar-refractivity contribution < 1.29 is 27.6 Å². The van der Waals surface area contributed by atoms with Crippen molar-refractivity contribution in [3.05, 3.63) is 12.2 Å². The van der Waals surface area contributed by atoms with Crippen molar-refractivity contribution in [3.8, 4) is 6.07 Å². The molecular weight excluding hydrogens is 491 g/mol. The second-order valence-corrected chi connectivity index (χ2v) is 12.0. The molecule has 3 heterocycles. The lowest BCUT2D eigenvalue weighted by atomic mass is 9.85. The number of hydrogen-bond acceptors (Lipinski definition) is 6. The summed E-state index contributed by atoms with van der Waals surface area (Å²) in [6, 6.07) is -1.18. The molecule has 0 aromatic carbocycles. The average molecular weight is 524 g/mol. The van der Waals surface area contributed by atoms with Crippen LogP contribution < -0.4 is 10.6 Å². The molecule has 37 heavy (non-hydrogen) atoms. The van der Waals surface area contributed by atoms with E-state index in [1.54, 1.807) is 27.1 Å². The van der Waals surface area contributed by atoms with Crippen LogP contribution in [-0.4, -0.2) is 68.2 Å². The number of nitrogens with zero attached hydrogens (tertiary/aromatic N) is 5. The van der Waals surface area contributed by atoms with Gasteiger partial charge in [-0.1, -0.05) is 34.6 Å². The lowest BCUT2D eigenvalue weighted by Gasteiger charge is -2.37. The Balaban J connectivity index is 1.52. The van der Waals surface area contributed by atoms with Crippen LogP contribution in [-0.2, 0) is 20.9 Å². The Kier molecular flexibility index (Phi) is 6.53. The number of fused-ring (bicyclic) bond motifs is 2. The second-order valence-electron chi connectivity index (χ2n) is 12.0. The third-order valence-electron chi connectivity index (χ3n) is 8.13. The minimum absolute atomic E-state index is 0.0138. The van der Waals surface area contributed by atoms with Gasteiger partial charge in [-0.3, -0.25) is 14.4 Å². The number of rotatable bonds is 6. The third kappa shape index (κ3) is 4.90. The lowest BCUT2D eigenvalue weighted by molar-refractivity contribution is -0.176. The van der Waals surface area contributed by atoms with Crippen molar-refractivity contribution in [1.29, 1.82) is 5.26 Å². The van der Waals surface area contributed by atoms with E-state index in [0.29, 0.717) is 6.42 Å². The molecule has 1 aromatic rings. The molecule has 10 nitrogen and oxygen atoms in total. The Hall–Kier alpha value is -3.17. The maximum absolute atomic E-state index is 13.6. The molecule has 2 fully saturated rings. The Morgan fingerprint density at radius 3 is 2.51 bits per heavy atom. The molecule has 2 unspecified atom stereocenters. The van der Waals surface area contributed by atoms with Gasteiger partial charge in [-0.25, -0.2) is 0 Å². The van der Waals surface area contributed by atoms with Crippen molar-refractivity contribution in [2.24, 2.45) is 22.7 Å². The lowest BCUT2D eigenvalue weighted by Crippen LogP contribution is -2.61. The zero-order chi connectivity index (χ0) is 27.5. The molecule has 0 radical (unpaired) electrons. The molecule has 1 aromatic heterocycles. The van der Waals surface area contributed by atoms with Crippen molar-refractivity contribution in [2.75, 3.05) is 6.54 Å². The van der Waals surface area contributed by atoms with E-state index < -0.39 is 47.4 Å². The number of carbonyl (C=O) groups is 3. The molecular formula is C24H32F3N7O3. The number of nitriles is 1. The standard InChI is InChI=1S/C24H32F3N7O3/c1-22(2,3)17(31-21(37)24(25,26)27)20(36)34-10-14-15(23(14,4)5)16(34)19(35)30-13(9-28)8-12-6-7-33-11-29-32-18(12)33/h11-17H,6-8,10H2,1-5H3,(H,30,35)(H,31,37)/t12-,13?,14-,15-,16-,17?/m0/s1. The van der Waals surface area contributed by atoms with Crippen LogP contribution in [0.4, 0.5) is 13.2 Å². The van der Waals surface area contributed by atoms with E-state index in [-0.39, 0.29) is 29.7 Å². The number of amides is 3. The van der Waals surface area contributed by atoms with Crippen LogP contribution in [0.5, 0.6) is 0 Å². The summed E-state index contributed by atoms with van der Waals surface area (Å²) in [5.41, 5.74) is -1.29. The minimum atomic E-state index is -5.15. The maximum Gasteiger partial charge on any atom is 0.471 e. The number of hydrogen-bond donors (Lipinski definition) is 2. The number of aryl methyl sites for hydroxylation is 1. The summed E-state index contributed by atoms with van der Waals surface area (Å²) in [7, 11) is 0. The molecule has 202 valence electrons. The highest BCUT2D eigenvalue weighted by Crippen LogP contribution is 2.65. The van der Waals surface area contributed by atoms with Gasteiger partial charge in [0, 0.05) is 19.0 Å². The first-order chi connectivity index (χ1) is 17.1. The van der Waals surface area contributed by atoms with Crippen LogP contribution in [0.15, 0.2) is 6.33 Å². The summed E-state index contributed by atoms with van der Waals surface area (Å²) < 4.78 is 40.9. The van der Waals surface area contributed by atoms with Crippen molar-refractivity contribution in [3.63, 3.8) is 0 Å². The van der Waals surface area contributed by atoms with Gasteiger partial charge < -0.3 is 20.1 Å². The van der Waals surface area contributed by atoms with Crippen LogP contribution in [0.3, 0.4) is 0 Å². The minimum Gasteiger partial charge on any atom is -0.339 e.